The van der Waals surface area contributed by atoms with Gasteiger partial charge in [-0.3, -0.25) is 0 Å². The third-order valence-corrected chi connectivity index (χ3v) is 4.34. The van der Waals surface area contributed by atoms with Gasteiger partial charge < -0.3 is 5.32 Å². The van der Waals surface area contributed by atoms with Crippen LogP contribution in [0.5, 0.6) is 0 Å². The van der Waals surface area contributed by atoms with E-state index in [4.69, 9.17) is 0 Å². The third kappa shape index (κ3) is 2.61. The van der Waals surface area contributed by atoms with Crippen molar-refractivity contribution < 1.29 is 0 Å². The summed E-state index contributed by atoms with van der Waals surface area (Å²) in [6, 6.07) is 14.9. The van der Waals surface area contributed by atoms with Crippen LogP contribution < -0.4 is 5.32 Å². The summed E-state index contributed by atoms with van der Waals surface area (Å²) < 4.78 is 0. The lowest BCUT2D eigenvalue weighted by atomic mass is 10.1. The molecule has 1 heterocycles. The molecule has 3 heteroatoms. The minimum absolute atomic E-state index is 0.789. The molecule has 2 nitrogen and oxygen atoms in total. The number of nitrogens with one attached hydrogen (secondary N) is 1. The molecule has 1 N–H and O–H groups in total. The first-order valence-electron chi connectivity index (χ1n) is 6.38. The standard InChI is InChI=1S/C16H16N2S/c1-11-12(2)19-16(18-11)10-17-15-8-7-13-5-3-4-6-14(13)9-15/h3-9,17H,10H2,1-2H3. The smallest absolute Gasteiger partial charge is 0.112 e. The number of anilines is 1. The Bertz CT molecular complexity index is 696. The lowest BCUT2D eigenvalue weighted by Crippen LogP contribution is -1.98. The fraction of sp³-hybridized carbons (Fsp3) is 0.188. The lowest BCUT2D eigenvalue weighted by Gasteiger charge is -2.05. The van der Waals surface area contributed by atoms with E-state index in [1.54, 1.807) is 11.3 Å². The largest absolute Gasteiger partial charge is 0.379 e. The van der Waals surface area contributed by atoms with Crippen LogP contribution in [-0.2, 0) is 6.54 Å². The highest BCUT2D eigenvalue weighted by molar-refractivity contribution is 7.11. The number of aromatic nitrogens is 1. The monoisotopic (exact) mass is 268 g/mol. The van der Waals surface area contributed by atoms with Crippen LogP contribution in [0, 0.1) is 13.8 Å². The molecule has 0 aliphatic rings. The summed E-state index contributed by atoms with van der Waals surface area (Å²) in [4.78, 5) is 5.84. The zero-order chi connectivity index (χ0) is 13.2. The van der Waals surface area contributed by atoms with E-state index in [1.165, 1.54) is 15.6 Å². The highest BCUT2D eigenvalue weighted by atomic mass is 32.1. The maximum absolute atomic E-state index is 4.54. The van der Waals surface area contributed by atoms with Crippen molar-refractivity contribution in [3.8, 4) is 0 Å². The van der Waals surface area contributed by atoms with Crippen molar-refractivity contribution in [1.82, 2.24) is 4.98 Å². The summed E-state index contributed by atoms with van der Waals surface area (Å²) in [5.41, 5.74) is 2.28. The Balaban J connectivity index is 1.78. The molecule has 0 spiro atoms. The van der Waals surface area contributed by atoms with E-state index in [9.17, 15) is 0 Å². The van der Waals surface area contributed by atoms with Crippen LogP contribution in [0.4, 0.5) is 5.69 Å². The molecular formula is C16H16N2S. The number of rotatable bonds is 3. The zero-order valence-electron chi connectivity index (χ0n) is 11.1. The average Bonchev–Trinajstić information content (AvgIpc) is 2.75. The van der Waals surface area contributed by atoms with Crippen LogP contribution in [0.25, 0.3) is 10.8 Å². The van der Waals surface area contributed by atoms with Crippen LogP contribution in [0.3, 0.4) is 0 Å². The van der Waals surface area contributed by atoms with Gasteiger partial charge in [0.15, 0.2) is 0 Å². The Morgan fingerprint density at radius 1 is 1.05 bits per heavy atom. The number of fused-ring (bicyclic) bond motifs is 1. The number of benzene rings is 2. The Morgan fingerprint density at radius 2 is 1.84 bits per heavy atom. The first-order chi connectivity index (χ1) is 9.22. The maximum Gasteiger partial charge on any atom is 0.112 e. The minimum Gasteiger partial charge on any atom is -0.379 e. The highest BCUT2D eigenvalue weighted by Gasteiger charge is 2.03. The topological polar surface area (TPSA) is 24.9 Å². The Kier molecular flexibility index (Phi) is 3.22. The van der Waals surface area contributed by atoms with Crippen molar-refractivity contribution in [2.75, 3.05) is 5.32 Å². The molecule has 96 valence electrons. The molecule has 2 aromatic carbocycles. The molecule has 0 bridgehead atoms. The molecule has 0 radical (unpaired) electrons. The normalized spacial score (nSPS) is 10.8. The maximum atomic E-state index is 4.54. The van der Waals surface area contributed by atoms with Crippen molar-refractivity contribution in [2.45, 2.75) is 20.4 Å². The quantitative estimate of drug-likeness (QED) is 0.755. The summed E-state index contributed by atoms with van der Waals surface area (Å²) in [5.74, 6) is 0. The summed E-state index contributed by atoms with van der Waals surface area (Å²) in [5, 5.41) is 7.12. The second-order valence-electron chi connectivity index (χ2n) is 4.66. The molecule has 3 rings (SSSR count). The molecular weight excluding hydrogens is 252 g/mol. The number of aryl methyl sites for hydroxylation is 2. The molecule has 0 unspecified atom stereocenters. The van der Waals surface area contributed by atoms with Crippen LogP contribution in [0.15, 0.2) is 42.5 Å². The third-order valence-electron chi connectivity index (χ3n) is 3.27. The zero-order valence-corrected chi connectivity index (χ0v) is 11.9. The summed E-state index contributed by atoms with van der Waals surface area (Å²) >= 11 is 1.76. The molecule has 0 amide bonds. The van der Waals surface area contributed by atoms with Crippen molar-refractivity contribution in [2.24, 2.45) is 0 Å². The van der Waals surface area contributed by atoms with Crippen molar-refractivity contribution in [3.05, 3.63) is 58.0 Å². The summed E-state index contributed by atoms with van der Waals surface area (Å²) in [7, 11) is 0. The van der Waals surface area contributed by atoms with E-state index in [0.29, 0.717) is 0 Å². The molecule has 3 aromatic rings. The summed E-state index contributed by atoms with van der Waals surface area (Å²) in [6.07, 6.45) is 0. The fourth-order valence-electron chi connectivity index (χ4n) is 2.09. The van der Waals surface area contributed by atoms with Gasteiger partial charge in [0.25, 0.3) is 0 Å². The van der Waals surface area contributed by atoms with Gasteiger partial charge in [-0.15, -0.1) is 11.3 Å². The van der Waals surface area contributed by atoms with Crippen LogP contribution in [0.2, 0.25) is 0 Å². The van der Waals surface area contributed by atoms with E-state index in [-0.39, 0.29) is 0 Å². The molecule has 0 saturated carbocycles. The molecule has 0 fully saturated rings. The second kappa shape index (κ2) is 5.02. The van der Waals surface area contributed by atoms with Gasteiger partial charge in [0, 0.05) is 10.6 Å². The fourth-order valence-corrected chi connectivity index (χ4v) is 2.97. The number of nitrogens with zero attached hydrogens (tertiary/aromatic N) is 1. The Morgan fingerprint density at radius 3 is 2.58 bits per heavy atom. The van der Waals surface area contributed by atoms with Gasteiger partial charge in [-0.1, -0.05) is 30.3 Å². The first kappa shape index (κ1) is 12.2. The summed E-state index contributed by atoms with van der Waals surface area (Å²) in [6.45, 7) is 4.97. The molecule has 0 aliphatic carbocycles. The number of hydrogen-bond acceptors (Lipinski definition) is 3. The Hall–Kier alpha value is -1.87. The lowest BCUT2D eigenvalue weighted by molar-refractivity contribution is 1.07. The SMILES string of the molecule is Cc1nc(CNc2ccc3ccccc3c2)sc1C. The van der Waals surface area contributed by atoms with Crippen LogP contribution in [0.1, 0.15) is 15.6 Å². The van der Waals surface area contributed by atoms with Gasteiger partial charge in [-0.05, 0) is 36.8 Å². The first-order valence-corrected chi connectivity index (χ1v) is 7.19. The van der Waals surface area contributed by atoms with Gasteiger partial charge in [-0.2, -0.15) is 0 Å². The van der Waals surface area contributed by atoms with E-state index >= 15 is 0 Å². The van der Waals surface area contributed by atoms with Crippen LogP contribution in [-0.4, -0.2) is 4.98 Å². The molecule has 0 aliphatic heterocycles. The number of thiazole rings is 1. The van der Waals surface area contributed by atoms with Crippen LogP contribution >= 0.6 is 11.3 Å². The van der Waals surface area contributed by atoms with E-state index in [2.05, 4.69) is 66.6 Å². The van der Waals surface area contributed by atoms with Crippen molar-refractivity contribution >= 4 is 27.8 Å². The molecule has 1 aromatic heterocycles. The van der Waals surface area contributed by atoms with Gasteiger partial charge in [0.2, 0.25) is 0 Å². The minimum atomic E-state index is 0.789. The highest BCUT2D eigenvalue weighted by Crippen LogP contribution is 2.21. The molecule has 0 atom stereocenters. The predicted molar refractivity (Wildman–Crippen MR) is 82.9 cm³/mol. The van der Waals surface area contributed by atoms with Crippen molar-refractivity contribution in [3.63, 3.8) is 0 Å². The second-order valence-corrected chi connectivity index (χ2v) is 5.95. The molecule has 19 heavy (non-hydrogen) atoms. The van der Waals surface area contributed by atoms with Gasteiger partial charge in [0.05, 0.1) is 12.2 Å². The van der Waals surface area contributed by atoms with Gasteiger partial charge in [0.1, 0.15) is 5.01 Å². The van der Waals surface area contributed by atoms with E-state index in [1.807, 2.05) is 0 Å². The van der Waals surface area contributed by atoms with E-state index < -0.39 is 0 Å². The predicted octanol–water partition coefficient (Wildman–Crippen LogP) is 4.53. The Labute approximate surface area is 117 Å². The average molecular weight is 268 g/mol. The molecule has 0 saturated heterocycles. The van der Waals surface area contributed by atoms with Gasteiger partial charge >= 0.3 is 0 Å². The number of hydrogen-bond donors (Lipinski definition) is 1. The van der Waals surface area contributed by atoms with Crippen molar-refractivity contribution in [1.29, 1.82) is 0 Å². The van der Waals surface area contributed by atoms with E-state index in [0.717, 1.165) is 22.9 Å². The van der Waals surface area contributed by atoms with Gasteiger partial charge in [-0.25, -0.2) is 4.98 Å².